The summed E-state index contributed by atoms with van der Waals surface area (Å²) in [5.74, 6) is 0. The second-order valence-corrected chi connectivity index (χ2v) is 6.36. The van der Waals surface area contributed by atoms with E-state index in [1.165, 1.54) is 56.1 Å². The summed E-state index contributed by atoms with van der Waals surface area (Å²) >= 11 is 3.72. The van der Waals surface area contributed by atoms with Gasteiger partial charge in [-0.25, -0.2) is 0 Å². The number of alkyl halides is 1. The fourth-order valence-corrected chi connectivity index (χ4v) is 2.88. The molecule has 0 N–H and O–H groups in total. The standard InChI is InChI=1S/C18H27Br/c1-3-5-6-7-8-9-12-16-13-10-14-17(15-16)18(19)11-4-2/h4,10,13-15,18H,2-3,5-9,11-12H2,1H3. The second kappa shape index (κ2) is 10.3. The van der Waals surface area contributed by atoms with Gasteiger partial charge < -0.3 is 0 Å². The van der Waals surface area contributed by atoms with Gasteiger partial charge in [0.05, 0.1) is 0 Å². The molecule has 0 aliphatic rings. The third-order valence-corrected chi connectivity index (χ3v) is 4.41. The van der Waals surface area contributed by atoms with Gasteiger partial charge in [0.2, 0.25) is 0 Å². The molecule has 0 aliphatic carbocycles. The van der Waals surface area contributed by atoms with E-state index in [0.717, 1.165) is 6.42 Å². The second-order valence-electron chi connectivity index (χ2n) is 5.25. The number of aryl methyl sites for hydroxylation is 1. The first-order chi connectivity index (χ1) is 9.27. The van der Waals surface area contributed by atoms with Crippen molar-refractivity contribution in [3.8, 4) is 0 Å². The first-order valence-electron chi connectivity index (χ1n) is 7.61. The highest BCUT2D eigenvalue weighted by molar-refractivity contribution is 9.09. The predicted molar refractivity (Wildman–Crippen MR) is 90.0 cm³/mol. The van der Waals surface area contributed by atoms with Crippen LogP contribution >= 0.6 is 15.9 Å². The van der Waals surface area contributed by atoms with Gasteiger partial charge in [0.1, 0.15) is 0 Å². The lowest BCUT2D eigenvalue weighted by Gasteiger charge is -2.09. The van der Waals surface area contributed by atoms with Crippen molar-refractivity contribution in [2.45, 2.75) is 63.1 Å². The molecule has 1 aromatic rings. The summed E-state index contributed by atoms with van der Waals surface area (Å²) < 4.78 is 0. The van der Waals surface area contributed by atoms with Gasteiger partial charge in [-0.05, 0) is 30.4 Å². The highest BCUT2D eigenvalue weighted by Gasteiger charge is 2.05. The number of benzene rings is 1. The quantitative estimate of drug-likeness (QED) is 0.258. The highest BCUT2D eigenvalue weighted by Crippen LogP contribution is 2.27. The van der Waals surface area contributed by atoms with Crippen LogP contribution in [0.25, 0.3) is 0 Å². The Balaban J connectivity index is 2.33. The minimum Gasteiger partial charge on any atom is -0.103 e. The Hall–Kier alpha value is -0.560. The molecule has 0 amide bonds. The Morgan fingerprint density at radius 3 is 2.63 bits per heavy atom. The lowest BCUT2D eigenvalue weighted by atomic mass is 10.0. The average Bonchev–Trinajstić information content (AvgIpc) is 2.43. The van der Waals surface area contributed by atoms with E-state index in [9.17, 15) is 0 Å². The van der Waals surface area contributed by atoms with Crippen molar-refractivity contribution < 1.29 is 0 Å². The van der Waals surface area contributed by atoms with E-state index in [1.54, 1.807) is 0 Å². The van der Waals surface area contributed by atoms with Crippen LogP contribution in [0.1, 0.15) is 67.8 Å². The third-order valence-electron chi connectivity index (χ3n) is 3.51. The third kappa shape index (κ3) is 6.96. The molecule has 1 heteroatoms. The lowest BCUT2D eigenvalue weighted by molar-refractivity contribution is 0.607. The Morgan fingerprint density at radius 2 is 1.89 bits per heavy atom. The molecular formula is C18H27Br. The molecule has 0 nitrogen and oxygen atoms in total. The molecule has 1 aromatic carbocycles. The monoisotopic (exact) mass is 322 g/mol. The zero-order valence-electron chi connectivity index (χ0n) is 12.2. The largest absolute Gasteiger partial charge is 0.103 e. The molecule has 1 unspecified atom stereocenters. The van der Waals surface area contributed by atoms with Crippen LogP contribution in [-0.2, 0) is 6.42 Å². The fourth-order valence-electron chi connectivity index (χ4n) is 2.34. The number of unbranched alkanes of at least 4 members (excludes halogenated alkanes) is 5. The molecule has 0 aliphatic heterocycles. The number of allylic oxidation sites excluding steroid dienone is 1. The van der Waals surface area contributed by atoms with Gasteiger partial charge >= 0.3 is 0 Å². The maximum atomic E-state index is 3.80. The molecule has 0 fully saturated rings. The van der Waals surface area contributed by atoms with E-state index < -0.39 is 0 Å². The average molecular weight is 323 g/mol. The van der Waals surface area contributed by atoms with Crippen LogP contribution in [0.5, 0.6) is 0 Å². The molecule has 0 bridgehead atoms. The predicted octanol–water partition coefficient (Wildman–Crippen LogP) is 6.60. The Kier molecular flexibility index (Phi) is 8.90. The maximum Gasteiger partial charge on any atom is 0.0429 e. The molecule has 19 heavy (non-hydrogen) atoms. The molecule has 106 valence electrons. The Labute approximate surface area is 127 Å². The van der Waals surface area contributed by atoms with Crippen molar-refractivity contribution >= 4 is 15.9 Å². The van der Waals surface area contributed by atoms with Crippen molar-refractivity contribution in [2.75, 3.05) is 0 Å². The van der Waals surface area contributed by atoms with Gasteiger partial charge in [-0.15, -0.1) is 6.58 Å². The van der Waals surface area contributed by atoms with Crippen LogP contribution < -0.4 is 0 Å². The molecule has 0 radical (unpaired) electrons. The van der Waals surface area contributed by atoms with Gasteiger partial charge in [-0.2, -0.15) is 0 Å². The van der Waals surface area contributed by atoms with Crippen molar-refractivity contribution in [1.82, 2.24) is 0 Å². The van der Waals surface area contributed by atoms with Crippen LogP contribution in [0.2, 0.25) is 0 Å². The normalized spacial score (nSPS) is 12.3. The van der Waals surface area contributed by atoms with E-state index in [0.29, 0.717) is 4.83 Å². The van der Waals surface area contributed by atoms with Gasteiger partial charge in [0.15, 0.2) is 0 Å². The molecule has 0 aromatic heterocycles. The van der Waals surface area contributed by atoms with Crippen LogP contribution in [0.15, 0.2) is 36.9 Å². The molecule has 1 rings (SSSR count). The zero-order chi connectivity index (χ0) is 13.9. The molecular weight excluding hydrogens is 296 g/mol. The molecule has 0 saturated carbocycles. The van der Waals surface area contributed by atoms with Gasteiger partial charge in [0.25, 0.3) is 0 Å². The van der Waals surface area contributed by atoms with Gasteiger partial charge in [0, 0.05) is 4.83 Å². The minimum absolute atomic E-state index is 0.412. The maximum absolute atomic E-state index is 3.80. The van der Waals surface area contributed by atoms with E-state index in [2.05, 4.69) is 53.7 Å². The summed E-state index contributed by atoms with van der Waals surface area (Å²) in [7, 11) is 0. The first kappa shape index (κ1) is 16.5. The summed E-state index contributed by atoms with van der Waals surface area (Å²) in [4.78, 5) is 0.412. The summed E-state index contributed by atoms with van der Waals surface area (Å²) in [6, 6.07) is 8.98. The van der Waals surface area contributed by atoms with Gasteiger partial charge in [-0.1, -0.05) is 85.3 Å². The number of hydrogen-bond acceptors (Lipinski definition) is 0. The minimum atomic E-state index is 0.412. The summed E-state index contributed by atoms with van der Waals surface area (Å²) in [5, 5.41) is 0. The Bertz CT molecular complexity index is 356. The first-order valence-corrected chi connectivity index (χ1v) is 8.53. The molecule has 0 heterocycles. The van der Waals surface area contributed by atoms with Crippen molar-refractivity contribution in [1.29, 1.82) is 0 Å². The van der Waals surface area contributed by atoms with E-state index in [1.807, 2.05) is 6.08 Å². The lowest BCUT2D eigenvalue weighted by Crippen LogP contribution is -1.92. The smallest absolute Gasteiger partial charge is 0.0429 e. The summed E-state index contributed by atoms with van der Waals surface area (Å²) in [5.41, 5.74) is 2.85. The van der Waals surface area contributed by atoms with Crippen molar-refractivity contribution in [3.05, 3.63) is 48.0 Å². The van der Waals surface area contributed by atoms with Crippen LogP contribution in [0.4, 0.5) is 0 Å². The molecule has 1 atom stereocenters. The van der Waals surface area contributed by atoms with Crippen LogP contribution in [0, 0.1) is 0 Å². The van der Waals surface area contributed by atoms with E-state index in [4.69, 9.17) is 0 Å². The zero-order valence-corrected chi connectivity index (χ0v) is 13.8. The van der Waals surface area contributed by atoms with E-state index in [-0.39, 0.29) is 0 Å². The summed E-state index contributed by atoms with van der Waals surface area (Å²) in [6.07, 6.45) is 12.4. The molecule has 0 saturated heterocycles. The SMILES string of the molecule is C=CCC(Br)c1cccc(CCCCCCCC)c1. The van der Waals surface area contributed by atoms with Crippen LogP contribution in [0.3, 0.4) is 0 Å². The number of hydrogen-bond donors (Lipinski definition) is 0. The molecule has 0 spiro atoms. The van der Waals surface area contributed by atoms with Crippen molar-refractivity contribution in [3.63, 3.8) is 0 Å². The summed E-state index contributed by atoms with van der Waals surface area (Å²) in [6.45, 7) is 6.07. The van der Waals surface area contributed by atoms with E-state index >= 15 is 0 Å². The van der Waals surface area contributed by atoms with Gasteiger partial charge in [-0.3, -0.25) is 0 Å². The Morgan fingerprint density at radius 1 is 1.16 bits per heavy atom. The number of rotatable bonds is 10. The van der Waals surface area contributed by atoms with Crippen LogP contribution in [-0.4, -0.2) is 0 Å². The topological polar surface area (TPSA) is 0 Å². The number of halogens is 1. The highest BCUT2D eigenvalue weighted by atomic mass is 79.9. The van der Waals surface area contributed by atoms with Crippen molar-refractivity contribution in [2.24, 2.45) is 0 Å². The fraction of sp³-hybridized carbons (Fsp3) is 0.556.